The molecule has 0 saturated carbocycles. The van der Waals surface area contributed by atoms with E-state index in [9.17, 15) is 26.3 Å². The minimum Gasteiger partial charge on any atom is -0.292 e. The Kier molecular flexibility index (Phi) is 9.70. The minimum atomic E-state index is -4.56. The van der Waals surface area contributed by atoms with E-state index in [1.54, 1.807) is 26.0 Å². The highest BCUT2D eigenvalue weighted by atomic mass is 19.4. The number of alkyl halides is 6. The summed E-state index contributed by atoms with van der Waals surface area (Å²) in [7, 11) is 0. The van der Waals surface area contributed by atoms with Gasteiger partial charge in [0.25, 0.3) is 0 Å². The Morgan fingerprint density at radius 2 is 0.750 bits per heavy atom. The number of rotatable bonds is 7. The van der Waals surface area contributed by atoms with Crippen molar-refractivity contribution in [3.05, 3.63) is 186 Å². The molecule has 0 spiro atoms. The van der Waals surface area contributed by atoms with Gasteiger partial charge in [0, 0.05) is 39.2 Å². The number of benzene rings is 7. The van der Waals surface area contributed by atoms with Gasteiger partial charge in [0.1, 0.15) is 11.6 Å². The minimum absolute atomic E-state index is 0.305. The molecular formula is C51H33F6N7. The Balaban J connectivity index is 1.13. The van der Waals surface area contributed by atoms with Gasteiger partial charge >= 0.3 is 12.4 Å². The van der Waals surface area contributed by atoms with Crippen molar-refractivity contribution in [2.24, 2.45) is 0 Å². The molecule has 3 aromatic heterocycles. The first-order valence-electron chi connectivity index (χ1n) is 20.1. The highest BCUT2D eigenvalue weighted by Crippen LogP contribution is 2.38. The fourth-order valence-corrected chi connectivity index (χ4v) is 8.03. The molecule has 0 aliphatic carbocycles. The second-order valence-electron chi connectivity index (χ2n) is 15.5. The van der Waals surface area contributed by atoms with Gasteiger partial charge in [-0.15, -0.1) is 0 Å². The third-order valence-corrected chi connectivity index (χ3v) is 10.8. The Morgan fingerprint density at radius 3 is 1.19 bits per heavy atom. The van der Waals surface area contributed by atoms with Crippen molar-refractivity contribution in [2.45, 2.75) is 26.2 Å². The number of nitrogens with zero attached hydrogens (tertiary/aromatic N) is 7. The number of fused-ring (bicyclic) bond motifs is 2. The van der Waals surface area contributed by atoms with Gasteiger partial charge in [0.2, 0.25) is 0 Å². The maximum atomic E-state index is 14.1. The van der Waals surface area contributed by atoms with Crippen LogP contribution in [0.15, 0.2) is 164 Å². The molecule has 64 heavy (non-hydrogen) atoms. The van der Waals surface area contributed by atoms with E-state index in [-0.39, 0.29) is 0 Å². The van der Waals surface area contributed by atoms with Crippen LogP contribution in [-0.4, -0.2) is 34.1 Å². The topological polar surface area (TPSA) is 74.3 Å². The standard InChI is InChI=1S/C51H33F6N7/c1-30-22-35(26-37(24-30)50(52,53)54)48-58-41-18-6-8-20-43(41)63(48)39-16-10-14-33(28-39)46-60-45(32-12-4-3-5-13-32)61-47(62-46)34-15-11-17-40(29-34)64-44-21-9-7-19-42(44)59-49(64)36-23-31(2)25-38(27-36)51(55,56)57/h3-29H,1-2H3. The Bertz CT molecular complexity index is 3200. The first kappa shape index (κ1) is 40.2. The number of aromatic nitrogens is 7. The van der Waals surface area contributed by atoms with Crippen LogP contribution in [0.5, 0.6) is 0 Å². The molecule has 10 aromatic rings. The zero-order valence-corrected chi connectivity index (χ0v) is 34.0. The lowest BCUT2D eigenvalue weighted by Gasteiger charge is -2.15. The lowest BCUT2D eigenvalue weighted by Crippen LogP contribution is -2.06. The van der Waals surface area contributed by atoms with Crippen LogP contribution in [-0.2, 0) is 12.4 Å². The summed E-state index contributed by atoms with van der Waals surface area (Å²) in [6, 6.07) is 46.7. The molecule has 7 aromatic carbocycles. The van der Waals surface area contributed by atoms with Gasteiger partial charge in [-0.05, 0) is 110 Å². The van der Waals surface area contributed by atoms with E-state index in [4.69, 9.17) is 24.9 Å². The van der Waals surface area contributed by atoms with Crippen molar-refractivity contribution < 1.29 is 26.3 Å². The van der Waals surface area contributed by atoms with E-state index < -0.39 is 23.5 Å². The molecule has 0 atom stereocenters. The fraction of sp³-hybridized carbons (Fsp3) is 0.0784. The molecule has 0 N–H and O–H groups in total. The van der Waals surface area contributed by atoms with Crippen LogP contribution in [0, 0.1) is 13.8 Å². The zero-order valence-electron chi connectivity index (χ0n) is 34.0. The summed E-state index contributed by atoms with van der Waals surface area (Å²) in [6.45, 7) is 3.25. The molecule has 314 valence electrons. The van der Waals surface area contributed by atoms with Crippen LogP contribution >= 0.6 is 0 Å². The third kappa shape index (κ3) is 7.54. The van der Waals surface area contributed by atoms with Crippen molar-refractivity contribution in [1.82, 2.24) is 34.1 Å². The SMILES string of the molecule is Cc1cc(-c2nc3ccccc3n2-c2cccc(-c3nc(-c4ccccc4)nc(-c4cccc(-n5c(-c6cc(C)cc(C(F)(F)F)c6)nc6ccccc65)c4)n3)c2)cc(C(F)(F)F)c1. The van der Waals surface area contributed by atoms with E-state index >= 15 is 0 Å². The normalized spacial score (nSPS) is 12.1. The first-order chi connectivity index (χ1) is 30.8. The molecule has 10 rings (SSSR count). The summed E-state index contributed by atoms with van der Waals surface area (Å²) in [5, 5.41) is 0. The molecule has 0 radical (unpaired) electrons. The van der Waals surface area contributed by atoms with Crippen molar-refractivity contribution in [1.29, 1.82) is 0 Å². The molecule has 3 heterocycles. The quantitative estimate of drug-likeness (QED) is 0.149. The van der Waals surface area contributed by atoms with E-state index in [2.05, 4.69) is 0 Å². The maximum Gasteiger partial charge on any atom is 0.416 e. The Labute approximate surface area is 362 Å². The van der Waals surface area contributed by atoms with Gasteiger partial charge in [-0.2, -0.15) is 26.3 Å². The van der Waals surface area contributed by atoms with Crippen LogP contribution in [0.3, 0.4) is 0 Å². The van der Waals surface area contributed by atoms with Gasteiger partial charge < -0.3 is 0 Å². The molecule has 0 bridgehead atoms. The summed E-state index contributed by atoms with van der Waals surface area (Å²) >= 11 is 0. The monoisotopic (exact) mass is 857 g/mol. The van der Waals surface area contributed by atoms with Crippen molar-refractivity contribution in [2.75, 3.05) is 0 Å². The number of hydrogen-bond acceptors (Lipinski definition) is 5. The van der Waals surface area contributed by atoms with Gasteiger partial charge in [0.05, 0.1) is 33.2 Å². The Morgan fingerprint density at radius 1 is 0.359 bits per heavy atom. The van der Waals surface area contributed by atoms with E-state index in [0.717, 1.165) is 29.8 Å². The van der Waals surface area contributed by atoms with Crippen LogP contribution in [0.25, 0.3) is 90.4 Å². The second-order valence-corrected chi connectivity index (χ2v) is 15.5. The zero-order chi connectivity index (χ0) is 44.3. The average molecular weight is 858 g/mol. The molecule has 0 fully saturated rings. The van der Waals surface area contributed by atoms with Crippen molar-refractivity contribution >= 4 is 22.1 Å². The van der Waals surface area contributed by atoms with Gasteiger partial charge in [-0.3, -0.25) is 9.13 Å². The highest BCUT2D eigenvalue weighted by Gasteiger charge is 2.33. The summed E-state index contributed by atoms with van der Waals surface area (Å²) in [6.07, 6.45) is -9.11. The fourth-order valence-electron chi connectivity index (χ4n) is 8.03. The third-order valence-electron chi connectivity index (χ3n) is 10.8. The molecule has 0 aliphatic rings. The van der Waals surface area contributed by atoms with Crippen LogP contribution in [0.2, 0.25) is 0 Å². The van der Waals surface area contributed by atoms with Gasteiger partial charge in [-0.25, -0.2) is 24.9 Å². The molecule has 0 aliphatic heterocycles. The van der Waals surface area contributed by atoms with Crippen molar-refractivity contribution in [3.8, 4) is 68.3 Å². The van der Waals surface area contributed by atoms with E-state index in [0.29, 0.717) is 95.9 Å². The van der Waals surface area contributed by atoms with Gasteiger partial charge in [-0.1, -0.05) is 78.9 Å². The predicted molar refractivity (Wildman–Crippen MR) is 236 cm³/mol. The molecule has 0 amide bonds. The molecule has 7 nitrogen and oxygen atoms in total. The number of imidazole rings is 2. The maximum absolute atomic E-state index is 14.1. The number of aryl methyl sites for hydroxylation is 2. The number of halogens is 6. The van der Waals surface area contributed by atoms with Gasteiger partial charge in [0.15, 0.2) is 17.5 Å². The van der Waals surface area contributed by atoms with E-state index in [1.807, 2.05) is 137 Å². The predicted octanol–water partition coefficient (Wildman–Crippen LogP) is 13.5. The summed E-state index contributed by atoms with van der Waals surface area (Å²) in [5.41, 5.74) is 5.69. The van der Waals surface area contributed by atoms with Crippen LogP contribution < -0.4 is 0 Å². The lowest BCUT2D eigenvalue weighted by molar-refractivity contribution is -0.138. The first-order valence-corrected chi connectivity index (χ1v) is 20.1. The van der Waals surface area contributed by atoms with Crippen LogP contribution in [0.4, 0.5) is 26.3 Å². The Hall–Kier alpha value is -7.93. The highest BCUT2D eigenvalue weighted by molar-refractivity contribution is 5.85. The number of para-hydroxylation sites is 4. The lowest BCUT2D eigenvalue weighted by atomic mass is 10.1. The smallest absolute Gasteiger partial charge is 0.292 e. The van der Waals surface area contributed by atoms with Crippen LogP contribution in [0.1, 0.15) is 22.3 Å². The summed E-state index contributed by atoms with van der Waals surface area (Å²) in [5.74, 6) is 1.70. The molecule has 13 heteroatoms. The molecule has 0 unspecified atom stereocenters. The molecule has 0 saturated heterocycles. The largest absolute Gasteiger partial charge is 0.416 e. The van der Waals surface area contributed by atoms with E-state index in [1.165, 1.54) is 0 Å². The average Bonchev–Trinajstić information content (AvgIpc) is 3.88. The summed E-state index contributed by atoms with van der Waals surface area (Å²) < 4.78 is 88.0. The van der Waals surface area contributed by atoms with Crippen molar-refractivity contribution in [3.63, 3.8) is 0 Å². The second kappa shape index (κ2) is 15.5. The number of hydrogen-bond donors (Lipinski definition) is 0. The molecular weight excluding hydrogens is 825 g/mol. The summed E-state index contributed by atoms with van der Waals surface area (Å²) in [4.78, 5) is 24.5.